The number of hydrogen-bond acceptors (Lipinski definition) is 3. The molecule has 0 bridgehead atoms. The molecule has 0 saturated heterocycles. The third-order valence-electron chi connectivity index (χ3n) is 2.06. The van der Waals surface area contributed by atoms with Crippen LogP contribution in [0.2, 0.25) is 0 Å². The standard InChI is InChI=1S/C10H8Br2O2S/c11-8-5-6(10(12)15-8)9(13)7-3-1-2-4-14-7/h3,5H,1-2,4H2. The summed E-state index contributed by atoms with van der Waals surface area (Å²) < 4.78 is 7.12. The molecule has 2 nitrogen and oxygen atoms in total. The molecule has 2 rings (SSSR count). The molecule has 0 unspecified atom stereocenters. The summed E-state index contributed by atoms with van der Waals surface area (Å²) in [7, 11) is 0. The normalized spacial score (nSPS) is 15.7. The lowest BCUT2D eigenvalue weighted by Gasteiger charge is -2.13. The highest BCUT2D eigenvalue weighted by atomic mass is 79.9. The van der Waals surface area contributed by atoms with Gasteiger partial charge < -0.3 is 4.74 Å². The van der Waals surface area contributed by atoms with E-state index in [4.69, 9.17) is 4.74 Å². The van der Waals surface area contributed by atoms with Gasteiger partial charge in [-0.3, -0.25) is 4.79 Å². The van der Waals surface area contributed by atoms with E-state index in [9.17, 15) is 4.79 Å². The van der Waals surface area contributed by atoms with Gasteiger partial charge in [-0.1, -0.05) is 0 Å². The smallest absolute Gasteiger partial charge is 0.229 e. The fourth-order valence-corrected chi connectivity index (χ4v) is 4.14. The van der Waals surface area contributed by atoms with E-state index in [1.807, 2.05) is 12.1 Å². The van der Waals surface area contributed by atoms with Gasteiger partial charge >= 0.3 is 0 Å². The molecule has 0 fully saturated rings. The summed E-state index contributed by atoms with van der Waals surface area (Å²) in [5.41, 5.74) is 0.667. The van der Waals surface area contributed by atoms with Crippen molar-refractivity contribution >= 4 is 49.0 Å². The molecule has 1 aromatic heterocycles. The first-order valence-electron chi connectivity index (χ1n) is 4.51. The van der Waals surface area contributed by atoms with Gasteiger partial charge in [0.05, 0.1) is 19.7 Å². The van der Waals surface area contributed by atoms with E-state index >= 15 is 0 Å². The number of carbonyl (C=O) groups excluding carboxylic acids is 1. The number of allylic oxidation sites excluding steroid dienone is 2. The van der Waals surface area contributed by atoms with Gasteiger partial charge in [-0.15, -0.1) is 11.3 Å². The Bertz CT molecular complexity index is 423. The lowest BCUT2D eigenvalue weighted by atomic mass is 10.1. The number of hydrogen-bond donors (Lipinski definition) is 0. The first-order chi connectivity index (χ1) is 7.18. The van der Waals surface area contributed by atoms with Crippen LogP contribution < -0.4 is 0 Å². The number of halogens is 2. The minimum atomic E-state index is -0.0384. The highest BCUT2D eigenvalue weighted by Gasteiger charge is 2.20. The molecule has 1 aliphatic heterocycles. The number of ketones is 1. The topological polar surface area (TPSA) is 26.3 Å². The third kappa shape index (κ3) is 2.52. The second-order valence-corrected chi connectivity index (χ2v) is 6.88. The molecule has 5 heteroatoms. The van der Waals surface area contributed by atoms with E-state index in [1.54, 1.807) is 0 Å². The Morgan fingerprint density at radius 3 is 2.80 bits per heavy atom. The van der Waals surface area contributed by atoms with Crippen molar-refractivity contribution in [3.63, 3.8) is 0 Å². The van der Waals surface area contributed by atoms with Gasteiger partial charge in [0.25, 0.3) is 0 Å². The van der Waals surface area contributed by atoms with Gasteiger partial charge in [0.15, 0.2) is 5.76 Å². The highest BCUT2D eigenvalue weighted by Crippen LogP contribution is 2.33. The first-order valence-corrected chi connectivity index (χ1v) is 6.91. The number of rotatable bonds is 2. The zero-order valence-electron chi connectivity index (χ0n) is 7.76. The zero-order chi connectivity index (χ0) is 10.8. The fourth-order valence-electron chi connectivity index (χ4n) is 1.34. The van der Waals surface area contributed by atoms with E-state index in [0.29, 0.717) is 17.9 Å². The zero-order valence-corrected chi connectivity index (χ0v) is 11.7. The van der Waals surface area contributed by atoms with Crippen LogP contribution in [0, 0.1) is 0 Å². The van der Waals surface area contributed by atoms with Gasteiger partial charge in [0, 0.05) is 0 Å². The summed E-state index contributed by atoms with van der Waals surface area (Å²) in [6.07, 6.45) is 3.78. The molecule has 0 amide bonds. The van der Waals surface area contributed by atoms with E-state index in [-0.39, 0.29) is 5.78 Å². The molecule has 0 radical (unpaired) electrons. The quantitative estimate of drug-likeness (QED) is 0.748. The molecular weight excluding hydrogens is 344 g/mol. The monoisotopic (exact) mass is 350 g/mol. The minimum Gasteiger partial charge on any atom is -0.490 e. The Morgan fingerprint density at radius 2 is 2.27 bits per heavy atom. The molecule has 80 valence electrons. The predicted octanol–water partition coefficient (Wildman–Crippen LogP) is 4.15. The van der Waals surface area contributed by atoms with Gasteiger partial charge in [0.1, 0.15) is 0 Å². The third-order valence-corrected chi connectivity index (χ3v) is 4.40. The van der Waals surface area contributed by atoms with Crippen molar-refractivity contribution in [3.8, 4) is 0 Å². The largest absolute Gasteiger partial charge is 0.490 e. The van der Waals surface area contributed by atoms with Crippen molar-refractivity contribution in [2.24, 2.45) is 0 Å². The van der Waals surface area contributed by atoms with Gasteiger partial charge in [-0.05, 0) is 56.8 Å². The fraction of sp³-hybridized carbons (Fsp3) is 0.300. The molecule has 1 aromatic rings. The Kier molecular flexibility index (Phi) is 3.64. The number of ether oxygens (including phenoxy) is 1. The summed E-state index contributed by atoms with van der Waals surface area (Å²) in [5.74, 6) is 0.441. The van der Waals surface area contributed by atoms with Crippen LogP contribution in [0.5, 0.6) is 0 Å². The SMILES string of the molecule is O=C(C1=CCCCO1)c1cc(Br)sc1Br. The van der Waals surface area contributed by atoms with Crippen LogP contribution in [0.25, 0.3) is 0 Å². The average molecular weight is 352 g/mol. The maximum atomic E-state index is 12.0. The number of Topliss-reactive ketones (excluding diaryl/α,β-unsaturated/α-hetero) is 1. The molecule has 0 saturated carbocycles. The minimum absolute atomic E-state index is 0.0384. The Balaban J connectivity index is 2.27. The summed E-state index contributed by atoms with van der Waals surface area (Å²) in [4.78, 5) is 12.0. The molecule has 0 aliphatic carbocycles. The number of thiophene rings is 1. The lowest BCUT2D eigenvalue weighted by molar-refractivity contribution is 0.0899. The lowest BCUT2D eigenvalue weighted by Crippen LogP contribution is -2.10. The van der Waals surface area contributed by atoms with Crippen LogP contribution in [0.4, 0.5) is 0 Å². The first kappa shape index (κ1) is 11.4. The molecule has 0 atom stereocenters. The molecule has 0 N–H and O–H groups in total. The van der Waals surface area contributed by atoms with E-state index < -0.39 is 0 Å². The summed E-state index contributed by atoms with van der Waals surface area (Å²) >= 11 is 8.21. The molecule has 1 aliphatic rings. The van der Waals surface area contributed by atoms with Crippen molar-refractivity contribution in [3.05, 3.63) is 31.0 Å². The van der Waals surface area contributed by atoms with Gasteiger partial charge in [-0.2, -0.15) is 0 Å². The summed E-state index contributed by atoms with van der Waals surface area (Å²) in [5, 5.41) is 0. The van der Waals surface area contributed by atoms with Crippen molar-refractivity contribution in [2.75, 3.05) is 6.61 Å². The molecular formula is C10H8Br2O2S. The van der Waals surface area contributed by atoms with Crippen molar-refractivity contribution in [2.45, 2.75) is 12.8 Å². The second kappa shape index (κ2) is 4.80. The van der Waals surface area contributed by atoms with E-state index in [0.717, 1.165) is 20.4 Å². The predicted molar refractivity (Wildman–Crippen MR) is 67.3 cm³/mol. The van der Waals surface area contributed by atoms with Crippen molar-refractivity contribution in [1.29, 1.82) is 0 Å². The maximum Gasteiger partial charge on any atom is 0.229 e. The molecule has 2 heterocycles. The van der Waals surface area contributed by atoms with Crippen LogP contribution in [0.15, 0.2) is 25.5 Å². The molecule has 0 aromatic carbocycles. The van der Waals surface area contributed by atoms with Gasteiger partial charge in [-0.25, -0.2) is 0 Å². The Morgan fingerprint density at radius 1 is 1.47 bits per heavy atom. The van der Waals surface area contributed by atoms with Crippen molar-refractivity contribution in [1.82, 2.24) is 0 Å². The van der Waals surface area contributed by atoms with Crippen LogP contribution in [-0.2, 0) is 4.74 Å². The Labute approximate surface area is 109 Å². The van der Waals surface area contributed by atoms with Crippen LogP contribution >= 0.6 is 43.2 Å². The van der Waals surface area contributed by atoms with Gasteiger partial charge in [0.2, 0.25) is 5.78 Å². The van der Waals surface area contributed by atoms with Crippen LogP contribution in [-0.4, -0.2) is 12.4 Å². The summed E-state index contributed by atoms with van der Waals surface area (Å²) in [6, 6.07) is 1.82. The van der Waals surface area contributed by atoms with E-state index in [1.165, 1.54) is 11.3 Å². The average Bonchev–Trinajstić information content (AvgIpc) is 2.58. The highest BCUT2D eigenvalue weighted by molar-refractivity contribution is 9.12. The van der Waals surface area contributed by atoms with Crippen LogP contribution in [0.1, 0.15) is 23.2 Å². The maximum absolute atomic E-state index is 12.0. The van der Waals surface area contributed by atoms with Crippen molar-refractivity contribution < 1.29 is 9.53 Å². The molecule has 0 spiro atoms. The second-order valence-electron chi connectivity index (χ2n) is 3.13. The Hall–Kier alpha value is -0.130. The number of carbonyl (C=O) groups is 1. The summed E-state index contributed by atoms with van der Waals surface area (Å²) in [6.45, 7) is 0.639. The molecule has 15 heavy (non-hydrogen) atoms. The van der Waals surface area contributed by atoms with E-state index in [2.05, 4.69) is 31.9 Å². The van der Waals surface area contributed by atoms with Crippen LogP contribution in [0.3, 0.4) is 0 Å².